The van der Waals surface area contributed by atoms with Crippen LogP contribution in [0.3, 0.4) is 0 Å². The molecule has 1 unspecified atom stereocenters. The summed E-state index contributed by atoms with van der Waals surface area (Å²) in [4.78, 5) is 28.5. The van der Waals surface area contributed by atoms with Gasteiger partial charge in [0.05, 0.1) is 10.9 Å². The minimum absolute atomic E-state index is 0.0554. The lowest BCUT2D eigenvalue weighted by atomic mass is 10.2. The number of phenolic OH excluding ortho intramolecular Hbond substituents is 1. The molecule has 0 saturated carbocycles. The number of allylic oxidation sites excluding steroid dienone is 1. The highest BCUT2D eigenvalue weighted by molar-refractivity contribution is 7.14. The van der Waals surface area contributed by atoms with Crippen LogP contribution in [0.2, 0.25) is 0 Å². The predicted octanol–water partition coefficient (Wildman–Crippen LogP) is 4.73. The number of hydrogen-bond donors (Lipinski definition) is 2. The van der Waals surface area contributed by atoms with Gasteiger partial charge in [-0.1, -0.05) is 25.1 Å². The number of nitrogens with zero attached hydrogens (tertiary/aromatic N) is 1. The molecule has 0 aliphatic carbocycles. The zero-order valence-corrected chi connectivity index (χ0v) is 16.2. The van der Waals surface area contributed by atoms with Crippen LogP contribution in [0.1, 0.15) is 53.2 Å². The van der Waals surface area contributed by atoms with Gasteiger partial charge in [0.25, 0.3) is 5.91 Å². The highest BCUT2D eigenvalue weighted by Crippen LogP contribution is 2.36. The van der Waals surface area contributed by atoms with E-state index in [9.17, 15) is 14.7 Å². The summed E-state index contributed by atoms with van der Waals surface area (Å²) in [6.07, 6.45) is 7.21. The van der Waals surface area contributed by atoms with E-state index in [4.69, 9.17) is 0 Å². The Morgan fingerprint density at radius 1 is 1.30 bits per heavy atom. The van der Waals surface area contributed by atoms with Gasteiger partial charge in [0.2, 0.25) is 5.91 Å². The molecule has 1 aromatic carbocycles. The third-order valence-electron chi connectivity index (χ3n) is 4.55. The van der Waals surface area contributed by atoms with Gasteiger partial charge in [0.15, 0.2) is 0 Å². The SMILES string of the molecule is CC/C=C/CC(=O)N1CCCC1c1ccc(C(=O)Nc2cccc(O)c2)s1. The summed E-state index contributed by atoms with van der Waals surface area (Å²) in [7, 11) is 0. The molecule has 1 aliphatic heterocycles. The number of rotatable bonds is 6. The number of benzene rings is 1. The summed E-state index contributed by atoms with van der Waals surface area (Å²) in [5.74, 6) is 0.0388. The van der Waals surface area contributed by atoms with E-state index in [1.807, 2.05) is 23.1 Å². The molecular formula is C21H24N2O3S. The Kier molecular flexibility index (Phi) is 6.29. The largest absolute Gasteiger partial charge is 0.508 e. The number of nitrogens with one attached hydrogen (secondary N) is 1. The molecule has 3 rings (SSSR count). The summed E-state index contributed by atoms with van der Waals surface area (Å²) in [5, 5.41) is 12.3. The Hall–Kier alpha value is -2.60. The number of carbonyl (C=O) groups excluding carboxylic acids is 2. The molecule has 0 bridgehead atoms. The Balaban J connectivity index is 1.68. The van der Waals surface area contributed by atoms with E-state index in [0.717, 1.165) is 30.7 Å². The molecule has 2 N–H and O–H groups in total. The van der Waals surface area contributed by atoms with Gasteiger partial charge in [-0.15, -0.1) is 11.3 Å². The van der Waals surface area contributed by atoms with Crippen molar-refractivity contribution >= 4 is 28.8 Å². The molecule has 1 saturated heterocycles. The second-order valence-electron chi connectivity index (χ2n) is 6.54. The summed E-state index contributed by atoms with van der Waals surface area (Å²) >= 11 is 1.42. The van der Waals surface area contributed by atoms with Gasteiger partial charge in [-0.05, 0) is 43.5 Å². The van der Waals surface area contributed by atoms with Gasteiger partial charge < -0.3 is 15.3 Å². The van der Waals surface area contributed by atoms with Crippen LogP contribution < -0.4 is 5.32 Å². The lowest BCUT2D eigenvalue weighted by Crippen LogP contribution is -2.29. The Labute approximate surface area is 163 Å². The van der Waals surface area contributed by atoms with Crippen LogP contribution in [0, 0.1) is 0 Å². The second kappa shape index (κ2) is 8.86. The van der Waals surface area contributed by atoms with E-state index < -0.39 is 0 Å². The summed E-state index contributed by atoms with van der Waals surface area (Å²) in [6, 6.07) is 10.3. The van der Waals surface area contributed by atoms with Crippen LogP contribution in [0.15, 0.2) is 48.6 Å². The van der Waals surface area contributed by atoms with Crippen molar-refractivity contribution in [3.8, 4) is 5.75 Å². The first-order chi connectivity index (χ1) is 13.1. The second-order valence-corrected chi connectivity index (χ2v) is 7.65. The van der Waals surface area contributed by atoms with Crippen molar-refractivity contribution < 1.29 is 14.7 Å². The quantitative estimate of drug-likeness (QED) is 0.708. The van der Waals surface area contributed by atoms with Crippen LogP contribution in [0.4, 0.5) is 5.69 Å². The van der Waals surface area contributed by atoms with Crippen molar-refractivity contribution in [1.82, 2.24) is 4.90 Å². The van der Waals surface area contributed by atoms with Crippen molar-refractivity contribution in [2.45, 2.75) is 38.6 Å². The normalized spacial score (nSPS) is 16.8. The van der Waals surface area contributed by atoms with Crippen molar-refractivity contribution in [1.29, 1.82) is 0 Å². The third kappa shape index (κ3) is 4.77. The van der Waals surface area contributed by atoms with Gasteiger partial charge in [-0.25, -0.2) is 0 Å². The lowest BCUT2D eigenvalue weighted by molar-refractivity contribution is -0.131. The Morgan fingerprint density at radius 2 is 2.15 bits per heavy atom. The van der Waals surface area contributed by atoms with Crippen LogP contribution in [0.25, 0.3) is 0 Å². The van der Waals surface area contributed by atoms with Gasteiger partial charge in [0, 0.05) is 29.6 Å². The molecule has 2 amide bonds. The maximum Gasteiger partial charge on any atom is 0.265 e. The molecule has 1 fully saturated rings. The average molecular weight is 385 g/mol. The van der Waals surface area contributed by atoms with E-state index in [2.05, 4.69) is 12.2 Å². The molecule has 1 atom stereocenters. The lowest BCUT2D eigenvalue weighted by Gasteiger charge is -2.23. The minimum Gasteiger partial charge on any atom is -0.508 e. The zero-order chi connectivity index (χ0) is 19.2. The number of carbonyl (C=O) groups is 2. The molecule has 2 aromatic rings. The minimum atomic E-state index is -0.210. The molecule has 5 nitrogen and oxygen atoms in total. The van der Waals surface area contributed by atoms with Gasteiger partial charge >= 0.3 is 0 Å². The predicted molar refractivity (Wildman–Crippen MR) is 108 cm³/mol. The van der Waals surface area contributed by atoms with E-state index in [0.29, 0.717) is 17.0 Å². The van der Waals surface area contributed by atoms with Crippen LogP contribution in [-0.4, -0.2) is 28.4 Å². The number of anilines is 1. The van der Waals surface area contributed by atoms with E-state index in [1.165, 1.54) is 17.4 Å². The maximum atomic E-state index is 12.5. The van der Waals surface area contributed by atoms with Crippen molar-refractivity contribution in [3.63, 3.8) is 0 Å². The van der Waals surface area contributed by atoms with Crippen LogP contribution >= 0.6 is 11.3 Å². The zero-order valence-electron chi connectivity index (χ0n) is 15.4. The number of likely N-dealkylation sites (tertiary alicyclic amines) is 1. The first-order valence-corrected chi connectivity index (χ1v) is 10.0. The Bertz CT molecular complexity index is 843. The number of phenols is 1. The first kappa shape index (κ1) is 19.2. The highest BCUT2D eigenvalue weighted by Gasteiger charge is 2.30. The summed E-state index contributed by atoms with van der Waals surface area (Å²) < 4.78 is 0. The van der Waals surface area contributed by atoms with Crippen molar-refractivity contribution in [2.24, 2.45) is 0 Å². The first-order valence-electron chi connectivity index (χ1n) is 9.23. The van der Waals surface area contributed by atoms with Gasteiger partial charge in [-0.2, -0.15) is 0 Å². The van der Waals surface area contributed by atoms with Crippen molar-refractivity contribution in [3.05, 3.63) is 58.3 Å². The molecule has 1 aromatic heterocycles. The maximum absolute atomic E-state index is 12.5. The van der Waals surface area contributed by atoms with Crippen LogP contribution in [-0.2, 0) is 4.79 Å². The molecule has 0 spiro atoms. The fourth-order valence-corrected chi connectivity index (χ4v) is 4.31. The molecule has 6 heteroatoms. The number of thiophene rings is 1. The standard InChI is InChI=1S/C21H24N2O3S/c1-2-3-4-10-20(25)23-13-6-9-17(23)18-11-12-19(27-18)21(26)22-15-7-5-8-16(24)14-15/h3-5,7-8,11-12,14,17,24H,2,6,9-10,13H2,1H3,(H,22,26)/b4-3+. The molecular weight excluding hydrogens is 360 g/mol. The van der Waals surface area contributed by atoms with E-state index >= 15 is 0 Å². The smallest absolute Gasteiger partial charge is 0.265 e. The molecule has 27 heavy (non-hydrogen) atoms. The van der Waals surface area contributed by atoms with Gasteiger partial charge in [-0.3, -0.25) is 9.59 Å². The molecule has 0 radical (unpaired) electrons. The summed E-state index contributed by atoms with van der Waals surface area (Å²) in [6.45, 7) is 2.82. The number of hydrogen-bond acceptors (Lipinski definition) is 4. The number of aromatic hydroxyl groups is 1. The van der Waals surface area contributed by atoms with Gasteiger partial charge in [0.1, 0.15) is 5.75 Å². The third-order valence-corrected chi connectivity index (χ3v) is 5.74. The summed E-state index contributed by atoms with van der Waals surface area (Å²) in [5.41, 5.74) is 0.551. The molecule has 142 valence electrons. The molecule has 1 aliphatic rings. The van der Waals surface area contributed by atoms with E-state index in [1.54, 1.807) is 24.3 Å². The van der Waals surface area contributed by atoms with E-state index in [-0.39, 0.29) is 23.6 Å². The van der Waals surface area contributed by atoms with Crippen LogP contribution in [0.5, 0.6) is 5.75 Å². The monoisotopic (exact) mass is 384 g/mol. The molecule has 2 heterocycles. The fourth-order valence-electron chi connectivity index (χ4n) is 3.26. The topological polar surface area (TPSA) is 69.6 Å². The highest BCUT2D eigenvalue weighted by atomic mass is 32.1. The van der Waals surface area contributed by atoms with Crippen molar-refractivity contribution in [2.75, 3.05) is 11.9 Å². The Morgan fingerprint density at radius 3 is 2.93 bits per heavy atom. The number of amides is 2. The fraction of sp³-hybridized carbons (Fsp3) is 0.333. The average Bonchev–Trinajstić information content (AvgIpc) is 3.31.